The van der Waals surface area contributed by atoms with Gasteiger partial charge in [0.15, 0.2) is 0 Å². The van der Waals surface area contributed by atoms with E-state index in [0.717, 1.165) is 12.2 Å². The van der Waals surface area contributed by atoms with Crippen molar-refractivity contribution in [1.82, 2.24) is 5.43 Å². The van der Waals surface area contributed by atoms with Gasteiger partial charge in [0.25, 0.3) is 0 Å². The van der Waals surface area contributed by atoms with Crippen molar-refractivity contribution >= 4 is 0 Å². The van der Waals surface area contributed by atoms with Gasteiger partial charge >= 0.3 is 0 Å². The molecule has 0 amide bonds. The fraction of sp³-hybridized carbons (Fsp3) is 0.647. The number of ether oxygens (including phenoxy) is 1. The number of benzene rings is 1. The van der Waals surface area contributed by atoms with Gasteiger partial charge in [-0.25, -0.2) is 0 Å². The highest BCUT2D eigenvalue weighted by Crippen LogP contribution is 2.23. The number of nitrogens with one attached hydrogen (secondary N) is 1. The van der Waals surface area contributed by atoms with Crippen molar-refractivity contribution in [2.75, 3.05) is 6.61 Å². The van der Waals surface area contributed by atoms with Gasteiger partial charge in [-0.1, -0.05) is 57.6 Å². The zero-order valence-electron chi connectivity index (χ0n) is 13.0. The maximum Gasteiger partial charge on any atom is 0.119 e. The van der Waals surface area contributed by atoms with Crippen LogP contribution in [0.1, 0.15) is 70.4 Å². The highest BCUT2D eigenvalue weighted by molar-refractivity contribution is 5.30. The Morgan fingerprint density at radius 1 is 1.10 bits per heavy atom. The van der Waals surface area contributed by atoms with E-state index >= 15 is 0 Å². The standard InChI is InChI=1S/C17H30N2O/c1-3-5-6-7-8-9-13-17(19-18)15-11-10-12-16(14-15)20-4-2/h10-12,14,17,19H,3-9,13,18H2,1-2H3. The molecule has 0 radical (unpaired) electrons. The van der Waals surface area contributed by atoms with Crippen LogP contribution in [-0.4, -0.2) is 6.61 Å². The molecule has 0 heterocycles. The SMILES string of the molecule is CCCCCCCCC(NN)c1cccc(OCC)c1. The number of hydrazine groups is 1. The summed E-state index contributed by atoms with van der Waals surface area (Å²) < 4.78 is 5.54. The summed E-state index contributed by atoms with van der Waals surface area (Å²) in [6.07, 6.45) is 8.95. The summed E-state index contributed by atoms with van der Waals surface area (Å²) in [4.78, 5) is 0. The Morgan fingerprint density at radius 3 is 2.55 bits per heavy atom. The minimum absolute atomic E-state index is 0.224. The summed E-state index contributed by atoms with van der Waals surface area (Å²) in [7, 11) is 0. The summed E-state index contributed by atoms with van der Waals surface area (Å²) in [5.74, 6) is 6.62. The summed E-state index contributed by atoms with van der Waals surface area (Å²) >= 11 is 0. The molecular weight excluding hydrogens is 248 g/mol. The van der Waals surface area contributed by atoms with E-state index in [1.807, 2.05) is 19.1 Å². The molecule has 0 aliphatic carbocycles. The molecule has 0 spiro atoms. The van der Waals surface area contributed by atoms with Crippen molar-refractivity contribution in [1.29, 1.82) is 0 Å². The topological polar surface area (TPSA) is 47.3 Å². The lowest BCUT2D eigenvalue weighted by atomic mass is 10.00. The molecule has 1 atom stereocenters. The first-order valence-corrected chi connectivity index (χ1v) is 8.00. The first-order valence-electron chi connectivity index (χ1n) is 8.00. The van der Waals surface area contributed by atoms with Crippen molar-refractivity contribution in [3.05, 3.63) is 29.8 Å². The zero-order valence-corrected chi connectivity index (χ0v) is 13.0. The first kappa shape index (κ1) is 17.0. The third kappa shape index (κ3) is 6.40. The minimum Gasteiger partial charge on any atom is -0.494 e. The molecule has 0 aromatic heterocycles. The molecular formula is C17H30N2O. The Hall–Kier alpha value is -1.06. The third-order valence-corrected chi connectivity index (χ3v) is 3.62. The molecule has 0 saturated carbocycles. The van der Waals surface area contributed by atoms with Gasteiger partial charge < -0.3 is 4.74 Å². The monoisotopic (exact) mass is 278 g/mol. The van der Waals surface area contributed by atoms with E-state index in [4.69, 9.17) is 10.6 Å². The molecule has 0 fully saturated rings. The highest BCUT2D eigenvalue weighted by atomic mass is 16.5. The van der Waals surface area contributed by atoms with Crippen LogP contribution in [0, 0.1) is 0 Å². The van der Waals surface area contributed by atoms with E-state index in [0.29, 0.717) is 6.61 Å². The van der Waals surface area contributed by atoms with Crippen LogP contribution >= 0.6 is 0 Å². The molecule has 1 unspecified atom stereocenters. The first-order chi connectivity index (χ1) is 9.81. The summed E-state index contributed by atoms with van der Waals surface area (Å²) in [5, 5.41) is 0. The summed E-state index contributed by atoms with van der Waals surface area (Å²) in [6.45, 7) is 4.95. The van der Waals surface area contributed by atoms with Gasteiger partial charge in [0.2, 0.25) is 0 Å². The second-order valence-electron chi connectivity index (χ2n) is 5.28. The van der Waals surface area contributed by atoms with E-state index < -0.39 is 0 Å². The minimum atomic E-state index is 0.224. The van der Waals surface area contributed by atoms with Crippen LogP contribution in [0.5, 0.6) is 5.75 Å². The Kier molecular flexibility index (Phi) is 9.09. The molecule has 20 heavy (non-hydrogen) atoms. The van der Waals surface area contributed by atoms with E-state index in [1.165, 1.54) is 44.1 Å². The van der Waals surface area contributed by atoms with Crippen molar-refractivity contribution in [3.63, 3.8) is 0 Å². The molecule has 3 nitrogen and oxygen atoms in total. The molecule has 0 aliphatic rings. The smallest absolute Gasteiger partial charge is 0.119 e. The van der Waals surface area contributed by atoms with Crippen LogP contribution in [0.25, 0.3) is 0 Å². The number of hydrogen-bond donors (Lipinski definition) is 2. The quantitative estimate of drug-likeness (QED) is 0.359. The highest BCUT2D eigenvalue weighted by Gasteiger charge is 2.10. The molecule has 3 heteroatoms. The predicted molar refractivity (Wildman–Crippen MR) is 85.7 cm³/mol. The molecule has 0 saturated heterocycles. The molecule has 1 rings (SSSR count). The molecule has 0 bridgehead atoms. The van der Waals surface area contributed by atoms with E-state index in [9.17, 15) is 0 Å². The number of hydrogen-bond acceptors (Lipinski definition) is 3. The van der Waals surface area contributed by atoms with Crippen LogP contribution < -0.4 is 16.0 Å². The predicted octanol–water partition coefficient (Wildman–Crippen LogP) is 4.34. The van der Waals surface area contributed by atoms with Gasteiger partial charge in [-0.05, 0) is 31.0 Å². The van der Waals surface area contributed by atoms with Gasteiger partial charge in [0.05, 0.1) is 6.61 Å². The zero-order chi connectivity index (χ0) is 14.6. The second kappa shape index (κ2) is 10.7. The lowest BCUT2D eigenvalue weighted by molar-refractivity contribution is 0.339. The van der Waals surface area contributed by atoms with E-state index in [2.05, 4.69) is 24.5 Å². The normalized spacial score (nSPS) is 12.3. The molecule has 0 aliphatic heterocycles. The average Bonchev–Trinajstić information content (AvgIpc) is 2.47. The molecule has 1 aromatic rings. The Balaban J connectivity index is 2.39. The fourth-order valence-corrected chi connectivity index (χ4v) is 2.46. The summed E-state index contributed by atoms with van der Waals surface area (Å²) in [6, 6.07) is 8.45. The van der Waals surface area contributed by atoms with Crippen LogP contribution in [0.15, 0.2) is 24.3 Å². The van der Waals surface area contributed by atoms with Gasteiger partial charge in [0, 0.05) is 6.04 Å². The molecule has 3 N–H and O–H groups in total. The fourth-order valence-electron chi connectivity index (χ4n) is 2.46. The Labute approximate surface area is 123 Å². The van der Waals surface area contributed by atoms with Gasteiger partial charge in [0.1, 0.15) is 5.75 Å². The lowest BCUT2D eigenvalue weighted by Crippen LogP contribution is -2.28. The van der Waals surface area contributed by atoms with Crippen LogP contribution in [-0.2, 0) is 0 Å². The third-order valence-electron chi connectivity index (χ3n) is 3.62. The van der Waals surface area contributed by atoms with Gasteiger partial charge in [-0.3, -0.25) is 11.3 Å². The second-order valence-corrected chi connectivity index (χ2v) is 5.28. The Bertz CT molecular complexity index is 355. The van der Waals surface area contributed by atoms with Crippen molar-refractivity contribution in [2.45, 2.75) is 64.8 Å². The molecule has 114 valence electrons. The maximum absolute atomic E-state index is 5.70. The average molecular weight is 278 g/mol. The number of nitrogens with two attached hydrogens (primary N) is 1. The largest absolute Gasteiger partial charge is 0.494 e. The number of rotatable bonds is 11. The van der Waals surface area contributed by atoms with E-state index in [-0.39, 0.29) is 6.04 Å². The van der Waals surface area contributed by atoms with Crippen LogP contribution in [0.4, 0.5) is 0 Å². The van der Waals surface area contributed by atoms with Crippen molar-refractivity contribution < 1.29 is 4.74 Å². The maximum atomic E-state index is 5.70. The summed E-state index contributed by atoms with van der Waals surface area (Å²) in [5.41, 5.74) is 4.15. The lowest BCUT2D eigenvalue weighted by Gasteiger charge is -2.17. The van der Waals surface area contributed by atoms with Gasteiger partial charge in [-0.15, -0.1) is 0 Å². The Morgan fingerprint density at radius 2 is 1.85 bits per heavy atom. The van der Waals surface area contributed by atoms with Crippen LogP contribution in [0.3, 0.4) is 0 Å². The molecule has 1 aromatic carbocycles. The van der Waals surface area contributed by atoms with Crippen molar-refractivity contribution in [3.8, 4) is 5.75 Å². The van der Waals surface area contributed by atoms with Crippen LogP contribution in [0.2, 0.25) is 0 Å². The van der Waals surface area contributed by atoms with Crippen molar-refractivity contribution in [2.24, 2.45) is 5.84 Å². The van der Waals surface area contributed by atoms with Gasteiger partial charge in [-0.2, -0.15) is 0 Å². The number of unbranched alkanes of at least 4 members (excludes halogenated alkanes) is 5. The van der Waals surface area contributed by atoms with E-state index in [1.54, 1.807) is 0 Å².